The molecule has 3 nitrogen and oxygen atoms in total. The Morgan fingerprint density at radius 2 is 1.92 bits per heavy atom. The van der Waals surface area contributed by atoms with Gasteiger partial charge >= 0.3 is 6.09 Å². The fourth-order valence-electron chi connectivity index (χ4n) is 1.20. The minimum absolute atomic E-state index is 0.00734. The Morgan fingerprint density at radius 1 is 1.54 bits per heavy atom. The molecule has 0 aromatic heterocycles. The zero-order valence-corrected chi connectivity index (χ0v) is 11.3. The number of carbonyl (C=O) groups is 1. The van der Waals surface area contributed by atoms with Crippen molar-refractivity contribution in [3.05, 3.63) is 0 Å². The Kier molecular flexibility index (Phi) is 4.85. The molecule has 0 spiro atoms. The molecule has 0 bridgehead atoms. The number of thiol groups is 1. The van der Waals surface area contributed by atoms with Crippen molar-refractivity contribution in [1.29, 1.82) is 0 Å². The van der Waals surface area contributed by atoms with Crippen LogP contribution in [-0.2, 0) is 0 Å². The number of amides is 1. The zero-order valence-electron chi connectivity index (χ0n) is 8.28. The van der Waals surface area contributed by atoms with Gasteiger partial charge in [-0.2, -0.15) is 12.6 Å². The first kappa shape index (κ1) is 13.4. The second-order valence-corrected chi connectivity index (χ2v) is 6.82. The normalized spacial score (nSPS) is 16.5. The van der Waals surface area contributed by atoms with E-state index in [4.69, 9.17) is 5.11 Å². The molecule has 0 heterocycles. The van der Waals surface area contributed by atoms with Crippen LogP contribution in [0.2, 0.25) is 0 Å². The van der Waals surface area contributed by atoms with Crippen LogP contribution in [-0.4, -0.2) is 30.9 Å². The summed E-state index contributed by atoms with van der Waals surface area (Å²) in [6.45, 7) is 7.50. The first-order valence-corrected chi connectivity index (χ1v) is 5.78. The monoisotopic (exact) mass is 317 g/mol. The van der Waals surface area contributed by atoms with Gasteiger partial charge in [0.1, 0.15) is 0 Å². The molecule has 0 aromatic rings. The van der Waals surface area contributed by atoms with Gasteiger partial charge in [0.2, 0.25) is 0 Å². The number of hydrogen-bond donors (Lipinski definition) is 2. The van der Waals surface area contributed by atoms with Gasteiger partial charge < -0.3 is 5.11 Å². The van der Waals surface area contributed by atoms with Gasteiger partial charge in [-0.3, -0.25) is 4.90 Å². The number of carboxylic acid groups (broad SMARTS) is 1. The summed E-state index contributed by atoms with van der Waals surface area (Å²) in [5, 5.41) is 9.02. The van der Waals surface area contributed by atoms with Gasteiger partial charge in [0.25, 0.3) is 0 Å². The van der Waals surface area contributed by atoms with E-state index in [9.17, 15) is 4.79 Å². The number of alkyl halides is 1. The molecule has 0 aliphatic heterocycles. The van der Waals surface area contributed by atoms with Crippen LogP contribution in [0.5, 0.6) is 0 Å². The fourth-order valence-corrected chi connectivity index (χ4v) is 1.65. The molecule has 2 atom stereocenters. The van der Waals surface area contributed by atoms with E-state index in [1.165, 1.54) is 4.90 Å². The molecule has 0 fully saturated rings. The summed E-state index contributed by atoms with van der Waals surface area (Å²) >= 11 is 6.36. The molecule has 0 saturated carbocycles. The van der Waals surface area contributed by atoms with Crippen molar-refractivity contribution in [1.82, 2.24) is 4.90 Å². The smallest absolute Gasteiger partial charge is 0.408 e. The van der Waals surface area contributed by atoms with E-state index in [-0.39, 0.29) is 14.8 Å². The van der Waals surface area contributed by atoms with Crippen LogP contribution in [0, 0.1) is 0 Å². The van der Waals surface area contributed by atoms with E-state index in [1.807, 2.05) is 27.7 Å². The predicted octanol–water partition coefficient (Wildman–Crippen LogP) is 2.84. The molecule has 0 aromatic carbocycles. The molecule has 0 radical (unpaired) electrons. The highest BCUT2D eigenvalue weighted by Gasteiger charge is 2.32. The Labute approximate surface area is 98.4 Å². The van der Waals surface area contributed by atoms with Crippen molar-refractivity contribution in [2.45, 2.75) is 42.5 Å². The van der Waals surface area contributed by atoms with Crippen LogP contribution in [0.1, 0.15) is 27.7 Å². The first-order chi connectivity index (χ1) is 5.68. The summed E-state index contributed by atoms with van der Waals surface area (Å²) in [6, 6.07) is -0.0959. The minimum atomic E-state index is -0.893. The lowest BCUT2D eigenvalue weighted by molar-refractivity contribution is 0.0810. The van der Waals surface area contributed by atoms with Crippen LogP contribution in [0.4, 0.5) is 4.79 Å². The average Bonchev–Trinajstić information content (AvgIpc) is 1.82. The van der Waals surface area contributed by atoms with Crippen molar-refractivity contribution in [3.63, 3.8) is 0 Å². The van der Waals surface area contributed by atoms with Gasteiger partial charge in [-0.15, -0.1) is 0 Å². The zero-order chi connectivity index (χ0) is 10.8. The molecular formula is C8H16INO2S. The molecule has 0 aliphatic carbocycles. The van der Waals surface area contributed by atoms with E-state index < -0.39 is 6.09 Å². The third kappa shape index (κ3) is 3.93. The van der Waals surface area contributed by atoms with Gasteiger partial charge in [0, 0.05) is 5.54 Å². The minimum Gasteiger partial charge on any atom is -0.465 e. The molecular weight excluding hydrogens is 301 g/mol. The largest absolute Gasteiger partial charge is 0.465 e. The van der Waals surface area contributed by atoms with E-state index in [2.05, 4.69) is 35.2 Å². The lowest BCUT2D eigenvalue weighted by atomic mass is 10.0. The third-order valence-corrected chi connectivity index (χ3v) is 3.21. The van der Waals surface area contributed by atoms with Crippen molar-refractivity contribution in [2.24, 2.45) is 0 Å². The standard InChI is InChI=1S/C8H16INO2S/c1-5(6(9)13)10(7(11)12)8(2,3)4/h5-6,13H,1-4H3,(H,11,12). The van der Waals surface area contributed by atoms with Crippen molar-refractivity contribution in [3.8, 4) is 0 Å². The van der Waals surface area contributed by atoms with E-state index in [0.717, 1.165) is 0 Å². The molecule has 5 heteroatoms. The van der Waals surface area contributed by atoms with Gasteiger partial charge in [0.05, 0.1) is 9.30 Å². The molecule has 1 amide bonds. The quantitative estimate of drug-likeness (QED) is 0.467. The highest BCUT2D eigenvalue weighted by Crippen LogP contribution is 2.24. The highest BCUT2D eigenvalue weighted by molar-refractivity contribution is 14.1. The van der Waals surface area contributed by atoms with Crippen LogP contribution in [0.25, 0.3) is 0 Å². The lowest BCUT2D eigenvalue weighted by Crippen LogP contribution is -2.52. The summed E-state index contributed by atoms with van der Waals surface area (Å²) in [6.07, 6.45) is -0.893. The Morgan fingerprint density at radius 3 is 2.00 bits per heavy atom. The average molecular weight is 317 g/mol. The Balaban J connectivity index is 4.72. The molecule has 1 N–H and O–H groups in total. The second kappa shape index (κ2) is 4.72. The number of nitrogens with zero attached hydrogens (tertiary/aromatic N) is 1. The van der Waals surface area contributed by atoms with Crippen LogP contribution in [0.3, 0.4) is 0 Å². The topological polar surface area (TPSA) is 40.5 Å². The number of hydrogen-bond acceptors (Lipinski definition) is 2. The predicted molar refractivity (Wildman–Crippen MR) is 65.9 cm³/mol. The van der Waals surface area contributed by atoms with Gasteiger partial charge in [-0.25, -0.2) is 4.79 Å². The third-order valence-electron chi connectivity index (χ3n) is 1.73. The molecule has 13 heavy (non-hydrogen) atoms. The highest BCUT2D eigenvalue weighted by atomic mass is 127. The molecule has 0 rings (SSSR count). The maximum absolute atomic E-state index is 11.0. The van der Waals surface area contributed by atoms with Gasteiger partial charge in [-0.05, 0) is 27.7 Å². The summed E-state index contributed by atoms with van der Waals surface area (Å²) < 4.78 is 0.00734. The number of rotatable bonds is 2. The maximum atomic E-state index is 11.0. The molecule has 2 unspecified atom stereocenters. The lowest BCUT2D eigenvalue weighted by Gasteiger charge is -2.38. The van der Waals surface area contributed by atoms with Crippen LogP contribution >= 0.6 is 35.2 Å². The SMILES string of the molecule is CC(C(S)I)N(C(=O)O)C(C)(C)C. The van der Waals surface area contributed by atoms with Gasteiger partial charge in [0.15, 0.2) is 0 Å². The Hall–Kier alpha value is 0.350. The summed E-state index contributed by atoms with van der Waals surface area (Å²) in [7, 11) is 0. The van der Waals surface area contributed by atoms with Gasteiger partial charge in [-0.1, -0.05) is 22.6 Å². The summed E-state index contributed by atoms with van der Waals surface area (Å²) in [5.74, 6) is 0. The van der Waals surface area contributed by atoms with E-state index in [0.29, 0.717) is 0 Å². The van der Waals surface area contributed by atoms with Crippen molar-refractivity contribution < 1.29 is 9.90 Å². The molecule has 78 valence electrons. The second-order valence-electron chi connectivity index (χ2n) is 3.94. The molecule has 0 saturated heterocycles. The molecule has 0 aliphatic rings. The number of halogens is 1. The van der Waals surface area contributed by atoms with E-state index >= 15 is 0 Å². The van der Waals surface area contributed by atoms with Crippen LogP contribution < -0.4 is 0 Å². The van der Waals surface area contributed by atoms with Crippen molar-refractivity contribution in [2.75, 3.05) is 0 Å². The van der Waals surface area contributed by atoms with Crippen molar-refractivity contribution >= 4 is 41.3 Å². The summed E-state index contributed by atoms with van der Waals surface area (Å²) in [5.41, 5.74) is -0.378. The van der Waals surface area contributed by atoms with E-state index in [1.54, 1.807) is 0 Å². The summed E-state index contributed by atoms with van der Waals surface area (Å²) in [4.78, 5) is 12.4. The fraction of sp³-hybridized carbons (Fsp3) is 0.875. The van der Waals surface area contributed by atoms with Crippen LogP contribution in [0.15, 0.2) is 0 Å². The first-order valence-electron chi connectivity index (χ1n) is 4.02. The maximum Gasteiger partial charge on any atom is 0.408 e. The Bertz CT molecular complexity index is 191.